The first-order valence-electron chi connectivity index (χ1n) is 4.07. The zero-order chi connectivity index (χ0) is 12.3. The molecule has 0 amide bonds. The topological polar surface area (TPSA) is 86.3 Å². The number of halogens is 2. The molecule has 86 valence electrons. The second-order valence-electron chi connectivity index (χ2n) is 2.89. The van der Waals surface area contributed by atoms with Crippen molar-refractivity contribution in [2.45, 2.75) is 10.7 Å². The molecule has 0 atom stereocenters. The molecular weight excluding hydrogens is 348 g/mol. The Hall–Kier alpha value is -1.02. The summed E-state index contributed by atoms with van der Waals surface area (Å²) in [5, 5.41) is 22.0. The van der Waals surface area contributed by atoms with Crippen molar-refractivity contribution in [3.05, 3.63) is 43.5 Å². The maximum Gasteiger partial charge on any atom is 0.280 e. The predicted molar refractivity (Wildman–Crippen MR) is 65.0 cm³/mol. The van der Waals surface area contributed by atoms with Crippen LogP contribution in [-0.4, -0.2) is 9.85 Å². The smallest absolute Gasteiger partial charge is 0.258 e. The quantitative estimate of drug-likeness (QED) is 0.472. The molecular formula is C8H6Br2N2O4. The van der Waals surface area contributed by atoms with E-state index in [0.717, 1.165) is 6.07 Å². The Morgan fingerprint density at radius 1 is 0.938 bits per heavy atom. The fourth-order valence-corrected chi connectivity index (χ4v) is 2.13. The largest absolute Gasteiger partial charge is 0.280 e. The first-order chi connectivity index (χ1) is 7.51. The number of hydrogen-bond acceptors (Lipinski definition) is 4. The standard InChI is InChI=1S/C8H6Br2N2O4/c9-3-5-1-6(4-10)8(12(15)16)2-7(5)11(13)14/h1-2H,3-4H2. The molecule has 0 N–H and O–H groups in total. The van der Waals surface area contributed by atoms with Gasteiger partial charge in [-0.1, -0.05) is 31.9 Å². The molecule has 0 fully saturated rings. The van der Waals surface area contributed by atoms with Crippen molar-refractivity contribution in [1.29, 1.82) is 0 Å². The lowest BCUT2D eigenvalue weighted by Crippen LogP contribution is -2.00. The van der Waals surface area contributed by atoms with Crippen LogP contribution in [0.2, 0.25) is 0 Å². The van der Waals surface area contributed by atoms with Gasteiger partial charge in [0.05, 0.1) is 15.9 Å². The SMILES string of the molecule is O=[N+]([O-])c1cc([N+](=O)[O-])c(CBr)cc1CBr. The van der Waals surface area contributed by atoms with Gasteiger partial charge in [0, 0.05) is 21.8 Å². The highest BCUT2D eigenvalue weighted by molar-refractivity contribution is 9.08. The van der Waals surface area contributed by atoms with Crippen LogP contribution in [0.4, 0.5) is 11.4 Å². The van der Waals surface area contributed by atoms with Gasteiger partial charge >= 0.3 is 0 Å². The Labute approximate surface area is 107 Å². The summed E-state index contributed by atoms with van der Waals surface area (Å²) in [6, 6.07) is 2.45. The van der Waals surface area contributed by atoms with Gasteiger partial charge in [-0.2, -0.15) is 0 Å². The minimum Gasteiger partial charge on any atom is -0.258 e. The summed E-state index contributed by atoms with van der Waals surface area (Å²) in [6.07, 6.45) is 0. The van der Waals surface area contributed by atoms with E-state index in [2.05, 4.69) is 31.9 Å². The summed E-state index contributed by atoms with van der Waals surface area (Å²) in [4.78, 5) is 20.2. The Bertz CT molecular complexity index is 413. The third kappa shape index (κ3) is 2.56. The molecule has 0 unspecified atom stereocenters. The Balaban J connectivity index is 3.46. The first-order valence-corrected chi connectivity index (χ1v) is 6.32. The lowest BCUT2D eigenvalue weighted by Gasteiger charge is -2.03. The molecule has 0 bridgehead atoms. The number of nitro benzene ring substituents is 2. The molecule has 8 heteroatoms. The predicted octanol–water partition coefficient (Wildman–Crippen LogP) is 3.29. The normalized spacial score (nSPS) is 10.1. The minimum absolute atomic E-state index is 0.242. The van der Waals surface area contributed by atoms with Crippen LogP contribution in [0.25, 0.3) is 0 Å². The van der Waals surface area contributed by atoms with E-state index in [0.29, 0.717) is 11.1 Å². The van der Waals surface area contributed by atoms with Crippen LogP contribution in [0, 0.1) is 20.2 Å². The molecule has 0 spiro atoms. The van der Waals surface area contributed by atoms with Gasteiger partial charge in [0.2, 0.25) is 0 Å². The molecule has 0 aliphatic heterocycles. The van der Waals surface area contributed by atoms with E-state index >= 15 is 0 Å². The van der Waals surface area contributed by atoms with Gasteiger partial charge in [-0.15, -0.1) is 0 Å². The maximum atomic E-state index is 10.7. The van der Waals surface area contributed by atoms with E-state index in [-0.39, 0.29) is 22.0 Å². The average molecular weight is 354 g/mol. The molecule has 1 aromatic carbocycles. The molecule has 0 saturated heterocycles. The molecule has 0 aromatic heterocycles. The molecule has 0 saturated carbocycles. The third-order valence-electron chi connectivity index (χ3n) is 1.96. The van der Waals surface area contributed by atoms with Crippen LogP contribution < -0.4 is 0 Å². The van der Waals surface area contributed by atoms with E-state index in [1.165, 1.54) is 6.07 Å². The van der Waals surface area contributed by atoms with Crippen molar-refractivity contribution >= 4 is 43.2 Å². The van der Waals surface area contributed by atoms with Crippen LogP contribution in [0.15, 0.2) is 12.1 Å². The lowest BCUT2D eigenvalue weighted by molar-refractivity contribution is -0.394. The summed E-state index contributed by atoms with van der Waals surface area (Å²) in [5.41, 5.74) is 0.358. The second kappa shape index (κ2) is 5.35. The monoisotopic (exact) mass is 352 g/mol. The highest BCUT2D eigenvalue weighted by Gasteiger charge is 2.22. The van der Waals surface area contributed by atoms with E-state index in [1.54, 1.807) is 0 Å². The second-order valence-corrected chi connectivity index (χ2v) is 4.01. The van der Waals surface area contributed by atoms with Gasteiger partial charge in [0.1, 0.15) is 0 Å². The van der Waals surface area contributed by atoms with Gasteiger partial charge in [-0.25, -0.2) is 0 Å². The van der Waals surface area contributed by atoms with E-state index in [9.17, 15) is 20.2 Å². The first kappa shape index (κ1) is 13.0. The van der Waals surface area contributed by atoms with Gasteiger partial charge < -0.3 is 0 Å². The molecule has 0 radical (unpaired) electrons. The Morgan fingerprint density at radius 2 is 1.31 bits per heavy atom. The van der Waals surface area contributed by atoms with E-state index in [4.69, 9.17) is 0 Å². The van der Waals surface area contributed by atoms with E-state index < -0.39 is 9.85 Å². The van der Waals surface area contributed by atoms with Gasteiger partial charge in [0.25, 0.3) is 11.4 Å². The van der Waals surface area contributed by atoms with Crippen LogP contribution in [0.3, 0.4) is 0 Å². The zero-order valence-corrected chi connectivity index (χ0v) is 11.0. The number of alkyl halides is 2. The van der Waals surface area contributed by atoms with Crippen molar-refractivity contribution in [3.8, 4) is 0 Å². The zero-order valence-electron chi connectivity index (χ0n) is 7.85. The summed E-state index contributed by atoms with van der Waals surface area (Å²) in [7, 11) is 0. The summed E-state index contributed by atoms with van der Waals surface area (Å²) in [5.74, 6) is 0. The minimum atomic E-state index is -0.623. The highest BCUT2D eigenvalue weighted by Crippen LogP contribution is 2.31. The molecule has 16 heavy (non-hydrogen) atoms. The number of benzene rings is 1. The van der Waals surface area contributed by atoms with Crippen LogP contribution in [-0.2, 0) is 10.7 Å². The molecule has 1 aromatic rings. The van der Waals surface area contributed by atoms with Crippen molar-refractivity contribution in [3.63, 3.8) is 0 Å². The number of nitro groups is 2. The summed E-state index contributed by atoms with van der Waals surface area (Å²) >= 11 is 6.22. The van der Waals surface area contributed by atoms with Crippen molar-refractivity contribution in [2.75, 3.05) is 0 Å². The lowest BCUT2D eigenvalue weighted by atomic mass is 10.1. The number of hydrogen-bond donors (Lipinski definition) is 0. The molecule has 0 aliphatic rings. The van der Waals surface area contributed by atoms with Gasteiger partial charge in [-0.05, 0) is 6.07 Å². The fraction of sp³-hybridized carbons (Fsp3) is 0.250. The Morgan fingerprint density at radius 3 is 1.56 bits per heavy atom. The molecule has 1 rings (SSSR count). The summed E-state index contributed by atoms with van der Waals surface area (Å²) < 4.78 is 0. The van der Waals surface area contributed by atoms with Gasteiger partial charge in [0.15, 0.2) is 0 Å². The van der Waals surface area contributed by atoms with Crippen LogP contribution in [0.1, 0.15) is 11.1 Å². The molecule has 0 aliphatic carbocycles. The van der Waals surface area contributed by atoms with Crippen LogP contribution >= 0.6 is 31.9 Å². The number of rotatable bonds is 4. The van der Waals surface area contributed by atoms with Crippen molar-refractivity contribution in [1.82, 2.24) is 0 Å². The van der Waals surface area contributed by atoms with E-state index in [1.807, 2.05) is 0 Å². The van der Waals surface area contributed by atoms with Gasteiger partial charge in [-0.3, -0.25) is 20.2 Å². The summed E-state index contributed by atoms with van der Waals surface area (Å²) in [6.45, 7) is 0. The number of nitrogens with zero attached hydrogens (tertiary/aromatic N) is 2. The van der Waals surface area contributed by atoms with Crippen molar-refractivity contribution < 1.29 is 9.85 Å². The third-order valence-corrected chi connectivity index (χ3v) is 3.17. The maximum absolute atomic E-state index is 10.7. The molecule has 0 heterocycles. The highest BCUT2D eigenvalue weighted by atomic mass is 79.9. The Kier molecular flexibility index (Phi) is 4.36. The fourth-order valence-electron chi connectivity index (χ4n) is 1.23. The average Bonchev–Trinajstić information content (AvgIpc) is 2.26. The van der Waals surface area contributed by atoms with Crippen molar-refractivity contribution in [2.24, 2.45) is 0 Å². The molecule has 6 nitrogen and oxygen atoms in total. The van der Waals surface area contributed by atoms with Crippen LogP contribution in [0.5, 0.6) is 0 Å².